The molecule has 0 unspecified atom stereocenters. The Bertz CT molecular complexity index is 427. The van der Waals surface area contributed by atoms with Gasteiger partial charge in [-0.2, -0.15) is 4.98 Å². The highest BCUT2D eigenvalue weighted by atomic mass is 15.1. The van der Waals surface area contributed by atoms with Crippen LogP contribution in [0.15, 0.2) is 6.07 Å². The van der Waals surface area contributed by atoms with Crippen molar-refractivity contribution in [3.05, 3.63) is 11.8 Å². The van der Waals surface area contributed by atoms with E-state index in [0.717, 1.165) is 24.0 Å². The number of hydrogen-bond donors (Lipinski definition) is 2. The van der Waals surface area contributed by atoms with E-state index in [4.69, 9.17) is 0 Å². The first-order valence-electron chi connectivity index (χ1n) is 9.14. The van der Waals surface area contributed by atoms with Crippen molar-refractivity contribution in [2.45, 2.75) is 84.1 Å². The number of nitrogens with zero attached hydrogens (tertiary/aromatic N) is 2. The molecule has 4 nitrogen and oxygen atoms in total. The third kappa shape index (κ3) is 6.20. The Morgan fingerprint density at radius 3 is 2.59 bits per heavy atom. The molecule has 0 radical (unpaired) electrons. The highest BCUT2D eigenvalue weighted by Crippen LogP contribution is 2.21. The SMILES string of the molecule is CCCCCCCNc1nc(C)cc(NC2CCCCC2)n1. The molecule has 2 N–H and O–H groups in total. The van der Waals surface area contributed by atoms with Gasteiger partial charge in [-0.15, -0.1) is 0 Å². The summed E-state index contributed by atoms with van der Waals surface area (Å²) in [5.74, 6) is 1.75. The predicted octanol–water partition coefficient (Wildman–Crippen LogP) is 4.91. The molecular formula is C18H32N4. The molecule has 1 aliphatic carbocycles. The molecule has 0 aromatic carbocycles. The van der Waals surface area contributed by atoms with Gasteiger partial charge in [0.2, 0.25) is 5.95 Å². The minimum Gasteiger partial charge on any atom is -0.367 e. The maximum atomic E-state index is 4.63. The van der Waals surface area contributed by atoms with Gasteiger partial charge >= 0.3 is 0 Å². The number of aromatic nitrogens is 2. The van der Waals surface area contributed by atoms with Crippen molar-refractivity contribution in [3.63, 3.8) is 0 Å². The monoisotopic (exact) mass is 304 g/mol. The Morgan fingerprint density at radius 2 is 1.82 bits per heavy atom. The van der Waals surface area contributed by atoms with E-state index in [1.54, 1.807) is 0 Å². The second-order valence-corrected chi connectivity index (χ2v) is 6.54. The molecule has 0 aliphatic heterocycles. The lowest BCUT2D eigenvalue weighted by Crippen LogP contribution is -2.23. The number of rotatable bonds is 9. The van der Waals surface area contributed by atoms with E-state index in [1.165, 1.54) is 64.2 Å². The number of unbranched alkanes of at least 4 members (excludes halogenated alkanes) is 4. The molecule has 0 spiro atoms. The molecule has 1 saturated carbocycles. The lowest BCUT2D eigenvalue weighted by atomic mass is 9.95. The number of hydrogen-bond acceptors (Lipinski definition) is 4. The first kappa shape index (κ1) is 17.0. The predicted molar refractivity (Wildman–Crippen MR) is 94.5 cm³/mol. The Labute approximate surface area is 135 Å². The second kappa shape index (κ2) is 9.65. The van der Waals surface area contributed by atoms with Gasteiger partial charge in [-0.1, -0.05) is 51.9 Å². The quantitative estimate of drug-likeness (QED) is 0.636. The van der Waals surface area contributed by atoms with Crippen LogP contribution in [0.3, 0.4) is 0 Å². The summed E-state index contributed by atoms with van der Waals surface area (Å²) in [5.41, 5.74) is 1.03. The fraction of sp³-hybridized carbons (Fsp3) is 0.778. The molecule has 0 atom stereocenters. The van der Waals surface area contributed by atoms with Gasteiger partial charge in [-0.25, -0.2) is 4.98 Å². The van der Waals surface area contributed by atoms with Crippen molar-refractivity contribution >= 4 is 11.8 Å². The molecule has 1 fully saturated rings. The van der Waals surface area contributed by atoms with Crippen LogP contribution in [0, 0.1) is 6.92 Å². The van der Waals surface area contributed by atoms with Crippen molar-refractivity contribution < 1.29 is 0 Å². The van der Waals surface area contributed by atoms with Gasteiger partial charge in [0.25, 0.3) is 0 Å². The fourth-order valence-corrected chi connectivity index (χ4v) is 3.11. The van der Waals surface area contributed by atoms with Gasteiger partial charge in [0, 0.05) is 24.3 Å². The van der Waals surface area contributed by atoms with Crippen LogP contribution in [0.2, 0.25) is 0 Å². The van der Waals surface area contributed by atoms with Crippen LogP contribution in [0.1, 0.15) is 76.8 Å². The molecule has 0 bridgehead atoms. The number of nitrogens with one attached hydrogen (secondary N) is 2. The number of aryl methyl sites for hydroxylation is 1. The van der Waals surface area contributed by atoms with Crippen molar-refractivity contribution in [2.24, 2.45) is 0 Å². The Morgan fingerprint density at radius 1 is 1.05 bits per heavy atom. The van der Waals surface area contributed by atoms with Crippen LogP contribution < -0.4 is 10.6 Å². The van der Waals surface area contributed by atoms with Crippen molar-refractivity contribution in [1.82, 2.24) is 9.97 Å². The van der Waals surface area contributed by atoms with E-state index in [9.17, 15) is 0 Å². The van der Waals surface area contributed by atoms with E-state index >= 15 is 0 Å². The third-order valence-electron chi connectivity index (χ3n) is 4.37. The van der Waals surface area contributed by atoms with Crippen molar-refractivity contribution in [2.75, 3.05) is 17.2 Å². The maximum Gasteiger partial charge on any atom is 0.224 e. The van der Waals surface area contributed by atoms with E-state index < -0.39 is 0 Å². The summed E-state index contributed by atoms with van der Waals surface area (Å²) in [5, 5.41) is 6.97. The van der Waals surface area contributed by atoms with Crippen LogP contribution in [-0.4, -0.2) is 22.6 Å². The van der Waals surface area contributed by atoms with Gasteiger partial charge in [0.15, 0.2) is 0 Å². The summed E-state index contributed by atoms with van der Waals surface area (Å²) in [6.07, 6.45) is 13.1. The minimum absolute atomic E-state index is 0.588. The second-order valence-electron chi connectivity index (χ2n) is 6.54. The lowest BCUT2D eigenvalue weighted by Gasteiger charge is -2.23. The largest absolute Gasteiger partial charge is 0.367 e. The zero-order valence-corrected chi connectivity index (χ0v) is 14.3. The smallest absolute Gasteiger partial charge is 0.224 e. The van der Waals surface area contributed by atoms with E-state index in [0.29, 0.717) is 6.04 Å². The molecule has 2 rings (SSSR count). The fourth-order valence-electron chi connectivity index (χ4n) is 3.11. The highest BCUT2D eigenvalue weighted by Gasteiger charge is 2.14. The molecule has 0 saturated heterocycles. The molecule has 0 amide bonds. The van der Waals surface area contributed by atoms with Gasteiger partial charge in [0.1, 0.15) is 5.82 Å². The van der Waals surface area contributed by atoms with Gasteiger partial charge in [-0.05, 0) is 26.2 Å². The molecule has 1 heterocycles. The van der Waals surface area contributed by atoms with Crippen LogP contribution in [0.5, 0.6) is 0 Å². The molecule has 1 aliphatic rings. The normalized spacial score (nSPS) is 15.7. The summed E-state index contributed by atoms with van der Waals surface area (Å²) in [6, 6.07) is 2.64. The van der Waals surface area contributed by atoms with Crippen LogP contribution in [-0.2, 0) is 0 Å². The molecule has 1 aromatic heterocycles. The lowest BCUT2D eigenvalue weighted by molar-refractivity contribution is 0.462. The summed E-state index contributed by atoms with van der Waals surface area (Å²) < 4.78 is 0. The molecular weight excluding hydrogens is 272 g/mol. The Balaban J connectivity index is 1.78. The van der Waals surface area contributed by atoms with E-state index in [2.05, 4.69) is 33.6 Å². The molecule has 22 heavy (non-hydrogen) atoms. The summed E-state index contributed by atoms with van der Waals surface area (Å²) in [7, 11) is 0. The summed E-state index contributed by atoms with van der Waals surface area (Å²) in [4.78, 5) is 9.13. The zero-order chi connectivity index (χ0) is 15.6. The third-order valence-corrected chi connectivity index (χ3v) is 4.37. The van der Waals surface area contributed by atoms with Crippen LogP contribution in [0.4, 0.5) is 11.8 Å². The van der Waals surface area contributed by atoms with Crippen molar-refractivity contribution in [1.29, 1.82) is 0 Å². The zero-order valence-electron chi connectivity index (χ0n) is 14.3. The van der Waals surface area contributed by atoms with Gasteiger partial charge in [-0.3, -0.25) is 0 Å². The topological polar surface area (TPSA) is 49.8 Å². The first-order chi connectivity index (χ1) is 10.8. The van der Waals surface area contributed by atoms with Crippen LogP contribution in [0.25, 0.3) is 0 Å². The summed E-state index contributed by atoms with van der Waals surface area (Å²) >= 11 is 0. The Kier molecular flexibility index (Phi) is 7.47. The molecule has 1 aromatic rings. The standard InChI is InChI=1S/C18H32N4/c1-3-4-5-6-10-13-19-18-20-15(2)14-17(22-18)21-16-11-8-7-9-12-16/h14,16H,3-13H2,1-2H3,(H2,19,20,21,22). The molecule has 124 valence electrons. The average molecular weight is 304 g/mol. The molecule has 4 heteroatoms. The van der Waals surface area contributed by atoms with E-state index in [1.807, 2.05) is 6.92 Å². The van der Waals surface area contributed by atoms with Gasteiger partial charge in [0.05, 0.1) is 0 Å². The average Bonchev–Trinajstić information content (AvgIpc) is 2.51. The first-order valence-corrected chi connectivity index (χ1v) is 9.14. The summed E-state index contributed by atoms with van der Waals surface area (Å²) in [6.45, 7) is 5.26. The van der Waals surface area contributed by atoms with E-state index in [-0.39, 0.29) is 0 Å². The number of anilines is 2. The minimum atomic E-state index is 0.588. The van der Waals surface area contributed by atoms with Gasteiger partial charge < -0.3 is 10.6 Å². The van der Waals surface area contributed by atoms with Crippen molar-refractivity contribution in [3.8, 4) is 0 Å². The maximum absolute atomic E-state index is 4.63. The Hall–Kier alpha value is -1.32. The van der Waals surface area contributed by atoms with Crippen LogP contribution >= 0.6 is 0 Å². The highest BCUT2D eigenvalue weighted by molar-refractivity contribution is 5.42.